The first-order valence-electron chi connectivity index (χ1n) is 10.0. The quantitative estimate of drug-likeness (QED) is 0.673. The SMILES string of the molecule is Cc1ccc(OC(C)C(=O)Nc2ccccc2CN2CC(C)OC(C)C2)c(Br)c1. The molecule has 0 aromatic heterocycles. The van der Waals surface area contributed by atoms with Crippen molar-refractivity contribution in [2.75, 3.05) is 18.4 Å². The molecule has 3 unspecified atom stereocenters. The number of aryl methyl sites for hydroxylation is 1. The number of carbonyl (C=O) groups is 1. The smallest absolute Gasteiger partial charge is 0.265 e. The molecular weight excluding hydrogens is 432 g/mol. The summed E-state index contributed by atoms with van der Waals surface area (Å²) in [5.74, 6) is 0.483. The minimum Gasteiger partial charge on any atom is -0.480 e. The van der Waals surface area contributed by atoms with Gasteiger partial charge in [-0.15, -0.1) is 0 Å². The van der Waals surface area contributed by atoms with Crippen LogP contribution in [0.3, 0.4) is 0 Å². The van der Waals surface area contributed by atoms with Crippen molar-refractivity contribution in [1.82, 2.24) is 4.90 Å². The molecule has 0 aliphatic carbocycles. The summed E-state index contributed by atoms with van der Waals surface area (Å²) in [5, 5.41) is 3.04. The van der Waals surface area contributed by atoms with Crippen LogP contribution in [0.15, 0.2) is 46.9 Å². The van der Waals surface area contributed by atoms with Crippen LogP contribution in [0.4, 0.5) is 5.69 Å². The Morgan fingerprint density at radius 1 is 1.24 bits per heavy atom. The molecular formula is C23H29BrN2O3. The molecule has 6 heteroatoms. The van der Waals surface area contributed by atoms with Gasteiger partial charge in [0.2, 0.25) is 0 Å². The fourth-order valence-corrected chi connectivity index (χ4v) is 4.20. The molecule has 1 amide bonds. The summed E-state index contributed by atoms with van der Waals surface area (Å²) in [6.45, 7) is 10.5. The zero-order chi connectivity index (χ0) is 21.0. The van der Waals surface area contributed by atoms with Gasteiger partial charge in [-0.25, -0.2) is 0 Å². The van der Waals surface area contributed by atoms with Crippen LogP contribution in [0.2, 0.25) is 0 Å². The van der Waals surface area contributed by atoms with Gasteiger partial charge in [-0.2, -0.15) is 0 Å². The minimum atomic E-state index is -0.620. The summed E-state index contributed by atoms with van der Waals surface area (Å²) in [6, 6.07) is 13.7. The highest BCUT2D eigenvalue weighted by Gasteiger charge is 2.23. The number of morpholine rings is 1. The van der Waals surface area contributed by atoms with Gasteiger partial charge in [-0.3, -0.25) is 9.69 Å². The number of ether oxygens (including phenoxy) is 2. The molecule has 0 saturated carbocycles. The Morgan fingerprint density at radius 3 is 2.62 bits per heavy atom. The van der Waals surface area contributed by atoms with Crippen molar-refractivity contribution in [1.29, 1.82) is 0 Å². The molecule has 2 aromatic carbocycles. The van der Waals surface area contributed by atoms with E-state index < -0.39 is 6.10 Å². The molecule has 5 nitrogen and oxygen atoms in total. The lowest BCUT2D eigenvalue weighted by Gasteiger charge is -2.35. The van der Waals surface area contributed by atoms with Crippen LogP contribution in [-0.4, -0.2) is 42.2 Å². The Bertz CT molecular complexity index is 848. The number of carbonyl (C=O) groups excluding carboxylic acids is 1. The van der Waals surface area contributed by atoms with Crippen molar-refractivity contribution >= 4 is 27.5 Å². The first kappa shape index (κ1) is 21.8. The molecule has 1 aliphatic heterocycles. The fourth-order valence-electron chi connectivity index (χ4n) is 3.61. The van der Waals surface area contributed by atoms with Crippen molar-refractivity contribution in [3.8, 4) is 5.75 Å². The average molecular weight is 461 g/mol. The van der Waals surface area contributed by atoms with Gasteiger partial charge in [0.05, 0.1) is 16.7 Å². The summed E-state index contributed by atoms with van der Waals surface area (Å²) < 4.78 is 12.5. The van der Waals surface area contributed by atoms with Crippen LogP contribution in [0.1, 0.15) is 31.9 Å². The van der Waals surface area contributed by atoms with Crippen molar-refractivity contribution < 1.29 is 14.3 Å². The number of nitrogens with one attached hydrogen (secondary N) is 1. The van der Waals surface area contributed by atoms with Gasteiger partial charge < -0.3 is 14.8 Å². The summed E-state index contributed by atoms with van der Waals surface area (Å²) in [4.78, 5) is 15.1. The molecule has 0 spiro atoms. The number of hydrogen-bond donors (Lipinski definition) is 1. The van der Waals surface area contributed by atoms with Gasteiger partial charge in [-0.05, 0) is 73.0 Å². The predicted octanol–water partition coefficient (Wildman–Crippen LogP) is 4.77. The molecule has 3 atom stereocenters. The van der Waals surface area contributed by atoms with Crippen LogP contribution >= 0.6 is 15.9 Å². The van der Waals surface area contributed by atoms with Gasteiger partial charge >= 0.3 is 0 Å². The first-order chi connectivity index (χ1) is 13.8. The number of rotatable bonds is 6. The van der Waals surface area contributed by atoms with E-state index in [1.165, 1.54) is 0 Å². The summed E-state index contributed by atoms with van der Waals surface area (Å²) in [5.41, 5.74) is 3.04. The Labute approximate surface area is 181 Å². The number of para-hydroxylation sites is 1. The lowest BCUT2D eigenvalue weighted by atomic mass is 10.1. The highest BCUT2D eigenvalue weighted by Crippen LogP contribution is 2.27. The van der Waals surface area contributed by atoms with Crippen molar-refractivity contribution in [2.45, 2.75) is 52.6 Å². The number of hydrogen-bond acceptors (Lipinski definition) is 4. The maximum atomic E-state index is 12.8. The molecule has 1 aliphatic rings. The van der Waals surface area contributed by atoms with Gasteiger partial charge in [0.15, 0.2) is 6.10 Å². The number of benzene rings is 2. The van der Waals surface area contributed by atoms with E-state index in [-0.39, 0.29) is 18.1 Å². The number of amides is 1. The third-order valence-electron chi connectivity index (χ3n) is 4.92. The van der Waals surface area contributed by atoms with E-state index in [2.05, 4.69) is 46.1 Å². The first-order valence-corrected chi connectivity index (χ1v) is 10.8. The molecule has 1 heterocycles. The van der Waals surface area contributed by atoms with Crippen LogP contribution in [0, 0.1) is 6.92 Å². The topological polar surface area (TPSA) is 50.8 Å². The molecule has 1 fully saturated rings. The highest BCUT2D eigenvalue weighted by molar-refractivity contribution is 9.10. The standard InChI is InChI=1S/C23H29BrN2O3/c1-15-9-10-22(20(24)11-15)29-18(4)23(27)25-21-8-6-5-7-19(21)14-26-12-16(2)28-17(3)13-26/h5-11,16-18H,12-14H2,1-4H3,(H,25,27). The Kier molecular flexibility index (Phi) is 7.33. The Balaban J connectivity index is 1.65. The molecule has 3 rings (SSSR count). The summed E-state index contributed by atoms with van der Waals surface area (Å²) in [6.07, 6.45) is -0.200. The monoisotopic (exact) mass is 460 g/mol. The molecule has 29 heavy (non-hydrogen) atoms. The van der Waals surface area contributed by atoms with Gasteiger partial charge in [0.25, 0.3) is 5.91 Å². The maximum Gasteiger partial charge on any atom is 0.265 e. The second-order valence-electron chi connectivity index (χ2n) is 7.79. The second kappa shape index (κ2) is 9.74. The van der Waals surface area contributed by atoms with E-state index in [4.69, 9.17) is 9.47 Å². The zero-order valence-electron chi connectivity index (χ0n) is 17.4. The van der Waals surface area contributed by atoms with E-state index in [0.717, 1.165) is 40.9 Å². The van der Waals surface area contributed by atoms with Crippen LogP contribution in [-0.2, 0) is 16.1 Å². The van der Waals surface area contributed by atoms with Crippen molar-refractivity contribution in [3.05, 3.63) is 58.1 Å². The van der Waals surface area contributed by atoms with Crippen LogP contribution in [0.5, 0.6) is 5.75 Å². The molecule has 156 valence electrons. The van der Waals surface area contributed by atoms with E-state index >= 15 is 0 Å². The lowest BCUT2D eigenvalue weighted by Crippen LogP contribution is -2.45. The highest BCUT2D eigenvalue weighted by atomic mass is 79.9. The number of halogens is 1. The predicted molar refractivity (Wildman–Crippen MR) is 119 cm³/mol. The molecule has 0 bridgehead atoms. The summed E-state index contributed by atoms with van der Waals surface area (Å²) in [7, 11) is 0. The lowest BCUT2D eigenvalue weighted by molar-refractivity contribution is -0.122. The Morgan fingerprint density at radius 2 is 1.93 bits per heavy atom. The maximum absolute atomic E-state index is 12.8. The van der Waals surface area contributed by atoms with Gasteiger partial charge in [0.1, 0.15) is 5.75 Å². The third-order valence-corrected chi connectivity index (χ3v) is 5.54. The second-order valence-corrected chi connectivity index (χ2v) is 8.65. The van der Waals surface area contributed by atoms with Crippen molar-refractivity contribution in [3.63, 3.8) is 0 Å². The molecule has 1 N–H and O–H groups in total. The average Bonchev–Trinajstić information content (AvgIpc) is 2.64. The largest absolute Gasteiger partial charge is 0.480 e. The van der Waals surface area contributed by atoms with Gasteiger partial charge in [-0.1, -0.05) is 24.3 Å². The molecule has 1 saturated heterocycles. The van der Waals surface area contributed by atoms with Crippen LogP contribution < -0.4 is 10.1 Å². The van der Waals surface area contributed by atoms with Crippen molar-refractivity contribution in [2.24, 2.45) is 0 Å². The molecule has 0 radical (unpaired) electrons. The summed E-state index contributed by atoms with van der Waals surface area (Å²) >= 11 is 3.50. The molecule has 2 aromatic rings. The van der Waals surface area contributed by atoms with E-state index in [9.17, 15) is 4.79 Å². The Hall–Kier alpha value is -1.89. The number of nitrogens with zero attached hydrogens (tertiary/aromatic N) is 1. The van der Waals surface area contributed by atoms with Gasteiger partial charge in [0, 0.05) is 25.3 Å². The normalized spacial score (nSPS) is 20.9. The fraction of sp³-hybridized carbons (Fsp3) is 0.435. The van der Waals surface area contributed by atoms with Crippen LogP contribution in [0.25, 0.3) is 0 Å². The minimum absolute atomic E-state index is 0.173. The third kappa shape index (κ3) is 6.04. The van der Waals surface area contributed by atoms with E-state index in [1.54, 1.807) is 6.92 Å². The zero-order valence-corrected chi connectivity index (χ0v) is 19.0. The van der Waals surface area contributed by atoms with E-state index in [0.29, 0.717) is 5.75 Å². The number of anilines is 1. The van der Waals surface area contributed by atoms with E-state index in [1.807, 2.05) is 43.3 Å².